The molecule has 1 unspecified atom stereocenters. The molecule has 0 saturated carbocycles. The lowest BCUT2D eigenvalue weighted by Gasteiger charge is -2.16. The molecule has 5 heteroatoms. The maximum atomic E-state index is 6.09. The van der Waals surface area contributed by atoms with Gasteiger partial charge in [0, 0.05) is 10.6 Å². The molecule has 0 amide bonds. The van der Waals surface area contributed by atoms with Crippen LogP contribution in [-0.2, 0) is 0 Å². The van der Waals surface area contributed by atoms with Gasteiger partial charge in [-0.3, -0.25) is 9.67 Å². The van der Waals surface area contributed by atoms with Crippen LogP contribution in [0.25, 0.3) is 11.4 Å². The highest BCUT2D eigenvalue weighted by Crippen LogP contribution is 2.26. The van der Waals surface area contributed by atoms with Crippen molar-refractivity contribution in [2.45, 2.75) is 13.0 Å². The Labute approximate surface area is 133 Å². The summed E-state index contributed by atoms with van der Waals surface area (Å²) in [5, 5.41) is 7.97. The van der Waals surface area contributed by atoms with Gasteiger partial charge in [-0.05, 0) is 36.8 Å². The first-order valence-electron chi connectivity index (χ1n) is 6.64. The molecule has 2 aromatic carbocycles. The minimum absolute atomic E-state index is 0.0464. The Morgan fingerprint density at radius 2 is 1.90 bits per heavy atom. The number of benzene rings is 2. The van der Waals surface area contributed by atoms with E-state index in [0.29, 0.717) is 4.77 Å². The molecule has 0 aliphatic carbocycles. The third-order valence-electron chi connectivity index (χ3n) is 3.45. The van der Waals surface area contributed by atoms with E-state index in [4.69, 9.17) is 23.8 Å². The van der Waals surface area contributed by atoms with E-state index in [2.05, 4.69) is 17.1 Å². The van der Waals surface area contributed by atoms with E-state index < -0.39 is 0 Å². The smallest absolute Gasteiger partial charge is 0.196 e. The Morgan fingerprint density at radius 3 is 2.62 bits per heavy atom. The number of nitrogens with zero attached hydrogens (tertiary/aromatic N) is 2. The molecule has 3 rings (SSSR count). The zero-order chi connectivity index (χ0) is 14.8. The van der Waals surface area contributed by atoms with Crippen LogP contribution in [0, 0.1) is 4.77 Å². The van der Waals surface area contributed by atoms with Crippen molar-refractivity contribution in [2.75, 3.05) is 0 Å². The van der Waals surface area contributed by atoms with E-state index in [1.807, 2.05) is 59.2 Å². The number of halogens is 1. The molecule has 0 saturated heterocycles. The Balaban J connectivity index is 2.11. The number of aromatic nitrogens is 3. The molecule has 1 atom stereocenters. The number of nitrogens with one attached hydrogen (secondary N) is 1. The lowest BCUT2D eigenvalue weighted by molar-refractivity contribution is 0.635. The van der Waals surface area contributed by atoms with E-state index in [0.717, 1.165) is 22.0 Å². The second-order valence-corrected chi connectivity index (χ2v) is 5.64. The summed E-state index contributed by atoms with van der Waals surface area (Å²) in [6.07, 6.45) is 0. The molecule has 0 spiro atoms. The molecule has 3 nitrogen and oxygen atoms in total. The average molecular weight is 316 g/mol. The second-order valence-electron chi connectivity index (χ2n) is 4.82. The van der Waals surface area contributed by atoms with Gasteiger partial charge in [0.1, 0.15) is 0 Å². The minimum Gasteiger partial charge on any atom is -0.293 e. The Kier molecular flexibility index (Phi) is 3.90. The average Bonchev–Trinajstić information content (AvgIpc) is 2.89. The van der Waals surface area contributed by atoms with E-state index >= 15 is 0 Å². The van der Waals surface area contributed by atoms with Crippen LogP contribution >= 0.6 is 23.8 Å². The molecule has 0 aliphatic rings. The molecule has 1 heterocycles. The summed E-state index contributed by atoms with van der Waals surface area (Å²) < 4.78 is 2.61. The fraction of sp³-hybridized carbons (Fsp3) is 0.125. The van der Waals surface area contributed by atoms with Crippen LogP contribution in [0.15, 0.2) is 54.6 Å². The normalized spacial score (nSPS) is 12.3. The summed E-state index contributed by atoms with van der Waals surface area (Å²) in [5.41, 5.74) is 2.12. The van der Waals surface area contributed by atoms with Crippen molar-refractivity contribution in [2.24, 2.45) is 0 Å². The molecule has 3 aromatic rings. The number of hydrogen-bond donors (Lipinski definition) is 1. The van der Waals surface area contributed by atoms with Crippen LogP contribution in [0.4, 0.5) is 0 Å². The van der Waals surface area contributed by atoms with Crippen LogP contribution in [0.5, 0.6) is 0 Å². The number of aromatic amines is 1. The van der Waals surface area contributed by atoms with Crippen LogP contribution in [0.3, 0.4) is 0 Å². The quantitative estimate of drug-likeness (QED) is 0.699. The zero-order valence-corrected chi connectivity index (χ0v) is 13.0. The van der Waals surface area contributed by atoms with Gasteiger partial charge in [-0.2, -0.15) is 5.10 Å². The topological polar surface area (TPSA) is 33.6 Å². The largest absolute Gasteiger partial charge is 0.293 e. The van der Waals surface area contributed by atoms with Crippen molar-refractivity contribution >= 4 is 23.8 Å². The van der Waals surface area contributed by atoms with E-state index in [-0.39, 0.29) is 6.04 Å². The minimum atomic E-state index is 0.0464. The molecule has 0 fully saturated rings. The van der Waals surface area contributed by atoms with Crippen molar-refractivity contribution < 1.29 is 0 Å². The van der Waals surface area contributed by atoms with Gasteiger partial charge in [0.15, 0.2) is 10.6 Å². The van der Waals surface area contributed by atoms with Gasteiger partial charge in [-0.25, -0.2) is 0 Å². The molecule has 1 N–H and O–H groups in total. The fourth-order valence-electron chi connectivity index (χ4n) is 2.37. The molecule has 0 bridgehead atoms. The Bertz CT molecular complexity index is 808. The second kappa shape index (κ2) is 5.84. The first-order chi connectivity index (χ1) is 10.2. The molecule has 0 radical (unpaired) electrons. The van der Waals surface area contributed by atoms with Crippen LogP contribution in [0.1, 0.15) is 18.5 Å². The lowest BCUT2D eigenvalue weighted by Crippen LogP contribution is -2.08. The summed E-state index contributed by atoms with van der Waals surface area (Å²) in [6.45, 7) is 2.09. The van der Waals surface area contributed by atoms with Gasteiger partial charge in [0.25, 0.3) is 0 Å². The summed E-state index contributed by atoms with van der Waals surface area (Å²) >= 11 is 11.5. The molecule has 106 valence electrons. The van der Waals surface area contributed by atoms with Crippen molar-refractivity contribution in [3.8, 4) is 11.4 Å². The summed E-state index contributed by atoms with van der Waals surface area (Å²) in [4.78, 5) is 0. The highest BCUT2D eigenvalue weighted by Gasteiger charge is 2.16. The van der Waals surface area contributed by atoms with Crippen LogP contribution in [-0.4, -0.2) is 14.8 Å². The fourth-order valence-corrected chi connectivity index (χ4v) is 2.86. The standard InChI is InChI=1S/C16H14ClN3S/c1-11(13-8-5-9-14(17)10-13)20-15(18-19-16(20)21)12-6-3-2-4-7-12/h2-11H,1H3,(H,19,21). The maximum absolute atomic E-state index is 6.09. The van der Waals surface area contributed by atoms with Crippen molar-refractivity contribution in [1.29, 1.82) is 0 Å². The highest BCUT2D eigenvalue weighted by molar-refractivity contribution is 7.71. The van der Waals surface area contributed by atoms with Gasteiger partial charge in [0.2, 0.25) is 0 Å². The molecule has 0 aliphatic heterocycles. The Morgan fingerprint density at radius 1 is 1.14 bits per heavy atom. The summed E-state index contributed by atoms with van der Waals surface area (Å²) in [6, 6.07) is 17.8. The van der Waals surface area contributed by atoms with Gasteiger partial charge < -0.3 is 0 Å². The van der Waals surface area contributed by atoms with Crippen molar-refractivity contribution in [1.82, 2.24) is 14.8 Å². The molecular formula is C16H14ClN3S. The Hall–Kier alpha value is -1.91. The number of H-pyrrole nitrogens is 1. The van der Waals surface area contributed by atoms with Gasteiger partial charge in [-0.15, -0.1) is 0 Å². The SMILES string of the molecule is CC(c1cccc(Cl)c1)n1c(-c2ccccc2)n[nH]c1=S. The third-order valence-corrected chi connectivity index (χ3v) is 3.98. The van der Waals surface area contributed by atoms with Crippen molar-refractivity contribution in [3.05, 3.63) is 70.0 Å². The highest BCUT2D eigenvalue weighted by atomic mass is 35.5. The predicted octanol–water partition coefficient (Wildman–Crippen LogP) is 4.87. The molecular weight excluding hydrogens is 302 g/mol. The monoisotopic (exact) mass is 315 g/mol. The first kappa shape index (κ1) is 14.0. The van der Waals surface area contributed by atoms with Gasteiger partial charge >= 0.3 is 0 Å². The van der Waals surface area contributed by atoms with Crippen LogP contribution < -0.4 is 0 Å². The predicted molar refractivity (Wildman–Crippen MR) is 88.1 cm³/mol. The number of hydrogen-bond acceptors (Lipinski definition) is 2. The maximum Gasteiger partial charge on any atom is 0.196 e. The molecule has 21 heavy (non-hydrogen) atoms. The van der Waals surface area contributed by atoms with Gasteiger partial charge in [-0.1, -0.05) is 54.1 Å². The zero-order valence-electron chi connectivity index (χ0n) is 11.5. The van der Waals surface area contributed by atoms with E-state index in [1.54, 1.807) is 0 Å². The van der Waals surface area contributed by atoms with Gasteiger partial charge in [0.05, 0.1) is 6.04 Å². The number of rotatable bonds is 3. The van der Waals surface area contributed by atoms with E-state index in [1.165, 1.54) is 0 Å². The van der Waals surface area contributed by atoms with E-state index in [9.17, 15) is 0 Å². The lowest BCUT2D eigenvalue weighted by atomic mass is 10.1. The first-order valence-corrected chi connectivity index (χ1v) is 7.43. The third kappa shape index (κ3) is 2.77. The summed E-state index contributed by atoms with van der Waals surface area (Å²) in [5.74, 6) is 0.827. The molecule has 1 aromatic heterocycles. The summed E-state index contributed by atoms with van der Waals surface area (Å²) in [7, 11) is 0. The van der Waals surface area contributed by atoms with Crippen molar-refractivity contribution in [3.63, 3.8) is 0 Å². The van der Waals surface area contributed by atoms with Crippen LogP contribution in [0.2, 0.25) is 5.02 Å².